The van der Waals surface area contributed by atoms with E-state index in [2.05, 4.69) is 5.32 Å². The van der Waals surface area contributed by atoms with E-state index in [0.717, 1.165) is 22.3 Å². The van der Waals surface area contributed by atoms with E-state index in [1.54, 1.807) is 0 Å². The van der Waals surface area contributed by atoms with E-state index in [4.69, 9.17) is 4.74 Å². The highest BCUT2D eigenvalue weighted by Crippen LogP contribution is 2.25. The molecule has 0 saturated heterocycles. The van der Waals surface area contributed by atoms with E-state index in [1.807, 2.05) is 57.2 Å². The van der Waals surface area contributed by atoms with Gasteiger partial charge in [0.25, 0.3) is 5.91 Å². The zero-order valence-corrected chi connectivity index (χ0v) is 18.0. The van der Waals surface area contributed by atoms with Crippen molar-refractivity contribution in [2.45, 2.75) is 40.2 Å². The average molecular weight is 417 g/mol. The molecule has 1 amide bonds. The van der Waals surface area contributed by atoms with E-state index >= 15 is 0 Å². The Morgan fingerprint density at radius 1 is 1.10 bits per heavy atom. The second kappa shape index (κ2) is 8.97. The van der Waals surface area contributed by atoms with Gasteiger partial charge in [-0.1, -0.05) is 19.1 Å². The van der Waals surface area contributed by atoms with E-state index in [1.165, 1.54) is 4.31 Å². The molecule has 0 spiro atoms. The molecule has 0 aliphatic carbocycles. The number of anilines is 1. The second-order valence-electron chi connectivity index (χ2n) is 7.54. The smallest absolute Gasteiger partial charge is 0.262 e. The SMILES string of the molecule is CCCS(=O)(=O)N1CCc2ccc(NC(=O)COc3cc(C)cc(C)c3)cc2C1. The van der Waals surface area contributed by atoms with Crippen LogP contribution in [0.5, 0.6) is 5.75 Å². The zero-order chi connectivity index (χ0) is 21.0. The number of benzene rings is 2. The maximum absolute atomic E-state index is 12.4. The van der Waals surface area contributed by atoms with Crippen LogP contribution in [0.3, 0.4) is 0 Å². The molecule has 1 N–H and O–H groups in total. The standard InChI is InChI=1S/C22H28N2O4S/c1-4-9-29(26,27)24-8-7-18-5-6-20(13-19(18)14-24)23-22(25)15-28-21-11-16(2)10-17(3)12-21/h5-6,10-13H,4,7-9,14-15H2,1-3H3,(H,23,25). The normalized spacial score (nSPS) is 14.3. The van der Waals surface area contributed by atoms with Crippen LogP contribution >= 0.6 is 0 Å². The number of nitrogens with one attached hydrogen (secondary N) is 1. The van der Waals surface area contributed by atoms with Gasteiger partial charge in [0.2, 0.25) is 10.0 Å². The maximum Gasteiger partial charge on any atom is 0.262 e. The average Bonchev–Trinajstić information content (AvgIpc) is 2.65. The lowest BCUT2D eigenvalue weighted by Gasteiger charge is -2.28. The summed E-state index contributed by atoms with van der Waals surface area (Å²) in [7, 11) is -3.23. The molecule has 2 aromatic rings. The number of carbonyl (C=O) groups excluding carboxylic acids is 1. The van der Waals surface area contributed by atoms with Crippen LogP contribution in [0.25, 0.3) is 0 Å². The molecule has 0 bridgehead atoms. The monoisotopic (exact) mass is 416 g/mol. The van der Waals surface area contributed by atoms with Gasteiger partial charge in [-0.3, -0.25) is 4.79 Å². The summed E-state index contributed by atoms with van der Waals surface area (Å²) >= 11 is 0. The molecule has 7 heteroatoms. The van der Waals surface area contributed by atoms with Crippen molar-refractivity contribution in [2.24, 2.45) is 0 Å². The fourth-order valence-corrected chi connectivity index (χ4v) is 5.07. The fourth-order valence-electron chi connectivity index (χ4n) is 3.60. The molecule has 0 aromatic heterocycles. The quantitative estimate of drug-likeness (QED) is 0.750. The van der Waals surface area contributed by atoms with E-state index in [-0.39, 0.29) is 18.3 Å². The number of aryl methyl sites for hydroxylation is 2. The predicted molar refractivity (Wildman–Crippen MR) is 115 cm³/mol. The lowest BCUT2D eigenvalue weighted by atomic mass is 10.0. The number of fused-ring (bicyclic) bond motifs is 1. The van der Waals surface area contributed by atoms with Crippen LogP contribution in [0.1, 0.15) is 35.6 Å². The number of ether oxygens (including phenoxy) is 1. The number of hydrogen-bond donors (Lipinski definition) is 1. The highest BCUT2D eigenvalue weighted by molar-refractivity contribution is 7.89. The van der Waals surface area contributed by atoms with E-state index in [0.29, 0.717) is 37.4 Å². The largest absolute Gasteiger partial charge is 0.484 e. The van der Waals surface area contributed by atoms with Gasteiger partial charge in [0.15, 0.2) is 6.61 Å². The highest BCUT2D eigenvalue weighted by atomic mass is 32.2. The first-order chi connectivity index (χ1) is 13.8. The Bertz CT molecular complexity index is 982. The van der Waals surface area contributed by atoms with Gasteiger partial charge >= 0.3 is 0 Å². The Hall–Kier alpha value is -2.38. The van der Waals surface area contributed by atoms with Crippen LogP contribution in [-0.4, -0.2) is 37.5 Å². The summed E-state index contributed by atoms with van der Waals surface area (Å²) in [5.74, 6) is 0.574. The first-order valence-electron chi connectivity index (χ1n) is 9.87. The summed E-state index contributed by atoms with van der Waals surface area (Å²) in [5.41, 5.74) is 4.87. The van der Waals surface area contributed by atoms with Crippen molar-refractivity contribution >= 4 is 21.6 Å². The minimum Gasteiger partial charge on any atom is -0.484 e. The van der Waals surface area contributed by atoms with Crippen LogP contribution < -0.4 is 10.1 Å². The van der Waals surface area contributed by atoms with Crippen molar-refractivity contribution in [3.8, 4) is 5.75 Å². The van der Waals surface area contributed by atoms with Gasteiger partial charge in [-0.25, -0.2) is 8.42 Å². The van der Waals surface area contributed by atoms with Gasteiger partial charge in [0.1, 0.15) is 5.75 Å². The molecular formula is C22H28N2O4S. The third-order valence-electron chi connectivity index (χ3n) is 4.89. The number of sulfonamides is 1. The third-order valence-corrected chi connectivity index (χ3v) is 6.91. The summed E-state index contributed by atoms with van der Waals surface area (Å²) in [6, 6.07) is 11.5. The van der Waals surface area contributed by atoms with E-state index in [9.17, 15) is 13.2 Å². The molecule has 1 aliphatic heterocycles. The van der Waals surface area contributed by atoms with Crippen LogP contribution in [0, 0.1) is 13.8 Å². The van der Waals surface area contributed by atoms with Gasteiger partial charge in [-0.2, -0.15) is 4.31 Å². The third kappa shape index (κ3) is 5.58. The Labute approximate surface area is 172 Å². The number of amides is 1. The van der Waals surface area contributed by atoms with Crippen LogP contribution in [0.15, 0.2) is 36.4 Å². The van der Waals surface area contributed by atoms with Crippen molar-refractivity contribution in [2.75, 3.05) is 24.2 Å². The molecule has 2 aromatic carbocycles. The van der Waals surface area contributed by atoms with Crippen molar-refractivity contribution < 1.29 is 17.9 Å². The van der Waals surface area contributed by atoms with E-state index < -0.39 is 10.0 Å². The summed E-state index contributed by atoms with van der Waals surface area (Å²) in [6.45, 7) is 6.60. The number of hydrogen-bond acceptors (Lipinski definition) is 4. The number of carbonyl (C=O) groups is 1. The highest BCUT2D eigenvalue weighted by Gasteiger charge is 2.26. The summed E-state index contributed by atoms with van der Waals surface area (Å²) in [4.78, 5) is 12.3. The van der Waals surface area contributed by atoms with Crippen molar-refractivity contribution in [1.29, 1.82) is 0 Å². The molecular weight excluding hydrogens is 388 g/mol. The second-order valence-corrected chi connectivity index (χ2v) is 9.63. The fraction of sp³-hybridized carbons (Fsp3) is 0.409. The van der Waals surface area contributed by atoms with Crippen LogP contribution in [-0.2, 0) is 27.8 Å². The lowest BCUT2D eigenvalue weighted by Crippen LogP contribution is -2.37. The van der Waals surface area contributed by atoms with Crippen LogP contribution in [0.4, 0.5) is 5.69 Å². The van der Waals surface area contributed by atoms with Gasteiger partial charge in [0.05, 0.1) is 5.75 Å². The van der Waals surface area contributed by atoms with Gasteiger partial charge in [0, 0.05) is 18.8 Å². The molecule has 156 valence electrons. The Kier molecular flexibility index (Phi) is 6.59. The molecule has 0 fully saturated rings. The van der Waals surface area contributed by atoms with Crippen molar-refractivity contribution in [3.05, 3.63) is 58.7 Å². The molecule has 0 atom stereocenters. The first kappa shape index (κ1) is 21.3. The number of nitrogens with zero attached hydrogens (tertiary/aromatic N) is 1. The molecule has 29 heavy (non-hydrogen) atoms. The van der Waals surface area contributed by atoms with Crippen molar-refractivity contribution in [3.63, 3.8) is 0 Å². The summed E-state index contributed by atoms with van der Waals surface area (Å²) in [6.07, 6.45) is 1.28. The molecule has 0 unspecified atom stereocenters. The zero-order valence-electron chi connectivity index (χ0n) is 17.2. The Morgan fingerprint density at radius 2 is 1.83 bits per heavy atom. The molecule has 0 saturated carbocycles. The van der Waals surface area contributed by atoms with Gasteiger partial charge < -0.3 is 10.1 Å². The Morgan fingerprint density at radius 3 is 2.52 bits per heavy atom. The minimum absolute atomic E-state index is 0.0863. The predicted octanol–water partition coefficient (Wildman–Crippen LogP) is 3.42. The van der Waals surface area contributed by atoms with Crippen LogP contribution in [0.2, 0.25) is 0 Å². The summed E-state index contributed by atoms with van der Waals surface area (Å²) in [5, 5.41) is 2.84. The molecule has 1 heterocycles. The Balaban J connectivity index is 1.63. The lowest BCUT2D eigenvalue weighted by molar-refractivity contribution is -0.118. The minimum atomic E-state index is -3.23. The molecule has 3 rings (SSSR count). The summed E-state index contributed by atoms with van der Waals surface area (Å²) < 4.78 is 31.9. The van der Waals surface area contributed by atoms with Crippen molar-refractivity contribution in [1.82, 2.24) is 4.31 Å². The molecule has 0 radical (unpaired) electrons. The van der Waals surface area contributed by atoms with Gasteiger partial charge in [-0.05, 0) is 73.2 Å². The van der Waals surface area contributed by atoms with Gasteiger partial charge in [-0.15, -0.1) is 0 Å². The first-order valence-corrected chi connectivity index (χ1v) is 11.5. The molecule has 1 aliphatic rings. The number of rotatable bonds is 7. The maximum atomic E-state index is 12.4. The molecule has 6 nitrogen and oxygen atoms in total. The topological polar surface area (TPSA) is 75.7 Å².